The van der Waals surface area contributed by atoms with Crippen LogP contribution in [-0.4, -0.2) is 32.8 Å². The number of esters is 1. The number of hydrogen-bond donors (Lipinski definition) is 0. The molecule has 2 amide bonds. The van der Waals surface area contributed by atoms with Crippen molar-refractivity contribution in [3.05, 3.63) is 90.0 Å². The number of aromatic nitrogens is 3. The topological polar surface area (TPSA) is 94.4 Å². The summed E-state index contributed by atoms with van der Waals surface area (Å²) < 4.78 is 5.78. The smallest absolute Gasteiger partial charge is 0.343 e. The first kappa shape index (κ1) is 22.4. The lowest BCUT2D eigenvalue weighted by Gasteiger charge is -2.37. The molecule has 0 unspecified atom stereocenters. The van der Waals surface area contributed by atoms with E-state index in [2.05, 4.69) is 22.3 Å². The zero-order valence-electron chi connectivity index (χ0n) is 21.1. The minimum absolute atomic E-state index is 0.117. The van der Waals surface area contributed by atoms with E-state index in [4.69, 9.17) is 4.74 Å². The predicted molar refractivity (Wildman–Crippen MR) is 142 cm³/mol. The maximum atomic E-state index is 13.4. The molecule has 8 nitrogen and oxygen atoms in total. The number of hydrogen-bond acceptors (Lipinski definition) is 6. The first-order chi connectivity index (χ1) is 19.0. The minimum atomic E-state index is -0.557. The molecular formula is C31H24N4O4. The Morgan fingerprint density at radius 3 is 2.08 bits per heavy atom. The molecule has 39 heavy (non-hydrogen) atoms. The van der Waals surface area contributed by atoms with Crippen LogP contribution in [0.4, 0.5) is 5.69 Å². The van der Waals surface area contributed by atoms with Crippen molar-refractivity contribution >= 4 is 34.5 Å². The Hall–Kier alpha value is -4.59. The van der Waals surface area contributed by atoms with Crippen LogP contribution >= 0.6 is 0 Å². The lowest BCUT2D eigenvalue weighted by atomic mass is 9.63. The van der Waals surface area contributed by atoms with Crippen molar-refractivity contribution in [1.82, 2.24) is 15.0 Å². The highest BCUT2D eigenvalue weighted by Crippen LogP contribution is 2.65. The van der Waals surface area contributed by atoms with Gasteiger partial charge in [-0.05, 0) is 91.1 Å². The van der Waals surface area contributed by atoms with Gasteiger partial charge < -0.3 is 4.74 Å². The van der Waals surface area contributed by atoms with E-state index >= 15 is 0 Å². The van der Waals surface area contributed by atoms with Crippen molar-refractivity contribution in [1.29, 1.82) is 0 Å². The van der Waals surface area contributed by atoms with E-state index in [0.29, 0.717) is 34.5 Å². The number of benzene rings is 3. The molecule has 2 bridgehead atoms. The van der Waals surface area contributed by atoms with Crippen molar-refractivity contribution in [3.8, 4) is 11.4 Å². The molecule has 5 aliphatic rings. The fourth-order valence-corrected chi connectivity index (χ4v) is 6.95. The molecule has 6 atom stereocenters. The molecule has 4 aromatic rings. The van der Waals surface area contributed by atoms with Crippen molar-refractivity contribution in [2.45, 2.75) is 13.3 Å². The van der Waals surface area contributed by atoms with Gasteiger partial charge in [0.25, 0.3) is 0 Å². The van der Waals surface area contributed by atoms with Crippen molar-refractivity contribution in [2.75, 3.05) is 4.90 Å². The van der Waals surface area contributed by atoms with Gasteiger partial charge in [-0.2, -0.15) is 0 Å². The lowest BCUT2D eigenvalue weighted by molar-refractivity contribution is -0.124. The Balaban J connectivity index is 1.05. The summed E-state index contributed by atoms with van der Waals surface area (Å²) in [4.78, 5) is 42.7. The van der Waals surface area contributed by atoms with Crippen molar-refractivity contribution in [3.63, 3.8) is 0 Å². The number of anilines is 1. The highest BCUT2D eigenvalue weighted by Gasteiger charge is 2.67. The van der Waals surface area contributed by atoms with Crippen LogP contribution in [0.2, 0.25) is 0 Å². The number of carbonyl (C=O) groups excluding carboxylic acids is 3. The standard InChI is InChI=1S/C31H24N4O4/c1-16-6-13-26(25(14-16)35-32-23-4-2-3-5-24(23)33-35)39-31(38)17-7-9-18(10-8-17)34-29(36)27-19-11-12-20(22-15-21(19)22)28(27)30(34)37/h2-14,19-22,27-28H,15H2,1H3/t19-,20-,21-,22-,27+,28+/m1/s1. The van der Waals surface area contributed by atoms with E-state index in [1.54, 1.807) is 30.3 Å². The summed E-state index contributed by atoms with van der Waals surface area (Å²) in [5.74, 6) is 0.472. The van der Waals surface area contributed by atoms with Crippen LogP contribution in [0.15, 0.2) is 78.9 Å². The molecule has 0 spiro atoms. The van der Waals surface area contributed by atoms with Crippen LogP contribution in [0.3, 0.4) is 0 Å². The molecule has 1 aliphatic heterocycles. The summed E-state index contributed by atoms with van der Waals surface area (Å²) in [5, 5.41) is 9.06. The highest BCUT2D eigenvalue weighted by atomic mass is 16.5. The summed E-state index contributed by atoms with van der Waals surface area (Å²) >= 11 is 0. The Bertz CT molecular complexity index is 1670. The number of ether oxygens (including phenoxy) is 1. The van der Waals surface area contributed by atoms with Gasteiger partial charge >= 0.3 is 5.97 Å². The Morgan fingerprint density at radius 1 is 0.846 bits per heavy atom. The third-order valence-electron chi connectivity index (χ3n) is 8.84. The van der Waals surface area contributed by atoms with Gasteiger partial charge in [-0.25, -0.2) is 4.79 Å². The monoisotopic (exact) mass is 516 g/mol. The van der Waals surface area contributed by atoms with E-state index in [0.717, 1.165) is 23.0 Å². The molecule has 1 aromatic heterocycles. The second kappa shape index (κ2) is 7.96. The molecule has 2 heterocycles. The summed E-state index contributed by atoms with van der Waals surface area (Å²) in [5.41, 5.74) is 3.79. The van der Waals surface area contributed by atoms with Crippen LogP contribution in [0, 0.1) is 42.4 Å². The number of rotatable bonds is 4. The van der Waals surface area contributed by atoms with Crippen LogP contribution in [0.5, 0.6) is 5.75 Å². The number of allylic oxidation sites excluding steroid dienone is 2. The molecule has 2 saturated carbocycles. The fourth-order valence-electron chi connectivity index (χ4n) is 6.95. The second-order valence-electron chi connectivity index (χ2n) is 11.1. The van der Waals surface area contributed by atoms with E-state index in [9.17, 15) is 14.4 Å². The molecule has 0 radical (unpaired) electrons. The molecule has 1 saturated heterocycles. The number of aryl methyl sites for hydroxylation is 1. The molecular weight excluding hydrogens is 492 g/mol. The Kier molecular flexibility index (Phi) is 4.57. The number of fused-ring (bicyclic) bond motifs is 1. The normalized spacial score (nSPS) is 28.1. The summed E-state index contributed by atoms with van der Waals surface area (Å²) in [7, 11) is 0. The number of imide groups is 1. The zero-order chi connectivity index (χ0) is 26.4. The summed E-state index contributed by atoms with van der Waals surface area (Å²) in [6.45, 7) is 1.94. The maximum Gasteiger partial charge on any atom is 0.343 e. The van der Waals surface area contributed by atoms with Gasteiger partial charge in [-0.1, -0.05) is 30.4 Å². The number of carbonyl (C=O) groups is 3. The highest BCUT2D eigenvalue weighted by molar-refractivity contribution is 6.22. The molecule has 3 fully saturated rings. The third-order valence-corrected chi connectivity index (χ3v) is 8.84. The lowest BCUT2D eigenvalue weighted by Crippen LogP contribution is -2.40. The molecule has 3 aromatic carbocycles. The Morgan fingerprint density at radius 2 is 1.46 bits per heavy atom. The third kappa shape index (κ3) is 3.27. The molecule has 8 heteroatoms. The van der Waals surface area contributed by atoms with Crippen LogP contribution < -0.4 is 9.64 Å². The van der Waals surface area contributed by atoms with Crippen LogP contribution in [-0.2, 0) is 9.59 Å². The minimum Gasteiger partial charge on any atom is -0.421 e. The molecule has 9 rings (SSSR count). The van der Waals surface area contributed by atoms with Gasteiger partial charge in [0.1, 0.15) is 16.7 Å². The average Bonchev–Trinajstić information content (AvgIpc) is 3.60. The number of nitrogens with zero attached hydrogens (tertiary/aromatic N) is 4. The summed E-state index contributed by atoms with van der Waals surface area (Å²) in [6.07, 6.45) is 5.45. The van der Waals surface area contributed by atoms with Gasteiger partial charge in [0.15, 0.2) is 5.75 Å². The first-order valence-corrected chi connectivity index (χ1v) is 13.3. The molecule has 192 valence electrons. The Labute approximate surface area is 223 Å². The average molecular weight is 517 g/mol. The second-order valence-corrected chi connectivity index (χ2v) is 11.1. The maximum absolute atomic E-state index is 13.4. The van der Waals surface area contributed by atoms with Gasteiger partial charge in [0.2, 0.25) is 11.8 Å². The largest absolute Gasteiger partial charge is 0.421 e. The van der Waals surface area contributed by atoms with E-state index in [1.807, 2.05) is 43.3 Å². The van der Waals surface area contributed by atoms with Crippen LogP contribution in [0.1, 0.15) is 22.3 Å². The fraction of sp³-hybridized carbons (Fsp3) is 0.258. The van der Waals surface area contributed by atoms with Crippen LogP contribution in [0.25, 0.3) is 16.7 Å². The molecule has 0 N–H and O–H groups in total. The SMILES string of the molecule is Cc1ccc(OC(=O)c2ccc(N3C(=O)[C@H]4[C@@H]5C=C[C@H]([C@H]6C[C@H]56)[C@@H]4C3=O)cc2)c(-n2nc3ccccc3n2)c1. The first-order valence-electron chi connectivity index (χ1n) is 13.3. The van der Waals surface area contributed by atoms with Gasteiger partial charge in [0, 0.05) is 0 Å². The van der Waals surface area contributed by atoms with E-state index < -0.39 is 5.97 Å². The summed E-state index contributed by atoms with van der Waals surface area (Å²) in [6, 6.07) is 19.5. The predicted octanol–water partition coefficient (Wildman–Crippen LogP) is 4.51. The van der Waals surface area contributed by atoms with Gasteiger partial charge in [-0.3, -0.25) is 14.5 Å². The quantitative estimate of drug-likeness (QED) is 0.172. The van der Waals surface area contributed by atoms with E-state index in [1.165, 1.54) is 9.70 Å². The van der Waals surface area contributed by atoms with Crippen molar-refractivity contribution in [2.24, 2.45) is 35.5 Å². The zero-order valence-corrected chi connectivity index (χ0v) is 21.1. The van der Waals surface area contributed by atoms with Gasteiger partial charge in [-0.15, -0.1) is 15.0 Å². The molecule has 4 aliphatic carbocycles. The number of amides is 2. The van der Waals surface area contributed by atoms with Crippen molar-refractivity contribution < 1.29 is 19.1 Å². The van der Waals surface area contributed by atoms with Gasteiger partial charge in [0.05, 0.1) is 23.1 Å². The van der Waals surface area contributed by atoms with E-state index in [-0.39, 0.29) is 35.5 Å².